The van der Waals surface area contributed by atoms with E-state index in [0.29, 0.717) is 18.9 Å². The van der Waals surface area contributed by atoms with Crippen LogP contribution in [0.25, 0.3) is 0 Å². The molecule has 2 saturated carbocycles. The van der Waals surface area contributed by atoms with Crippen molar-refractivity contribution in [2.24, 2.45) is 11.3 Å². The fraction of sp³-hybridized carbons (Fsp3) is 0.867. The zero-order chi connectivity index (χ0) is 13.7. The molecule has 0 aromatic rings. The second-order valence-electron chi connectivity index (χ2n) is 7.17. The van der Waals surface area contributed by atoms with E-state index < -0.39 is 5.54 Å². The van der Waals surface area contributed by atoms with Crippen LogP contribution < -0.4 is 5.32 Å². The molecule has 1 atom stereocenters. The lowest BCUT2D eigenvalue weighted by Gasteiger charge is -2.43. The topological polar surface area (TPSA) is 49.4 Å². The minimum Gasteiger partial charge on any atom is -0.342 e. The molecule has 0 spiro atoms. The lowest BCUT2D eigenvalue weighted by Crippen LogP contribution is -2.58. The number of hydrogen-bond acceptors (Lipinski definition) is 2. The van der Waals surface area contributed by atoms with Gasteiger partial charge in [0, 0.05) is 19.5 Å². The third-order valence-corrected chi connectivity index (χ3v) is 5.27. The minimum atomic E-state index is -0.645. The minimum absolute atomic E-state index is 0.0315. The van der Waals surface area contributed by atoms with E-state index in [2.05, 4.69) is 12.2 Å². The highest BCUT2D eigenvalue weighted by atomic mass is 16.2. The van der Waals surface area contributed by atoms with E-state index in [1.807, 2.05) is 11.8 Å². The number of amides is 2. The van der Waals surface area contributed by atoms with Crippen LogP contribution in [0.5, 0.6) is 0 Å². The average Bonchev–Trinajstić information content (AvgIpc) is 3.14. The summed E-state index contributed by atoms with van der Waals surface area (Å²) in [6.45, 7) is 5.59. The molecular weight excluding hydrogens is 240 g/mol. The summed E-state index contributed by atoms with van der Waals surface area (Å²) in [5.41, 5.74) is -0.360. The van der Waals surface area contributed by atoms with E-state index in [4.69, 9.17) is 0 Å². The van der Waals surface area contributed by atoms with Crippen LogP contribution in [0.15, 0.2) is 0 Å². The summed E-state index contributed by atoms with van der Waals surface area (Å²) >= 11 is 0. The van der Waals surface area contributed by atoms with Gasteiger partial charge in [0.15, 0.2) is 0 Å². The molecule has 0 aromatic carbocycles. The molecule has 3 rings (SSSR count). The number of carbonyl (C=O) groups is 2. The Morgan fingerprint density at radius 1 is 1.26 bits per heavy atom. The molecule has 3 fully saturated rings. The van der Waals surface area contributed by atoms with Gasteiger partial charge in [0.1, 0.15) is 5.54 Å². The number of carbonyl (C=O) groups excluding carboxylic acids is 2. The van der Waals surface area contributed by atoms with Gasteiger partial charge in [-0.2, -0.15) is 0 Å². The van der Waals surface area contributed by atoms with Crippen molar-refractivity contribution >= 4 is 11.8 Å². The zero-order valence-corrected chi connectivity index (χ0v) is 12.0. The van der Waals surface area contributed by atoms with Crippen LogP contribution in [0, 0.1) is 11.3 Å². The Morgan fingerprint density at radius 2 is 1.95 bits per heavy atom. The van der Waals surface area contributed by atoms with Crippen molar-refractivity contribution in [2.45, 2.75) is 57.9 Å². The molecule has 0 radical (unpaired) electrons. The first kappa shape index (κ1) is 12.9. The largest absolute Gasteiger partial charge is 0.342 e. The van der Waals surface area contributed by atoms with E-state index in [-0.39, 0.29) is 17.2 Å². The molecule has 3 aliphatic rings. The van der Waals surface area contributed by atoms with E-state index in [1.165, 1.54) is 19.3 Å². The summed E-state index contributed by atoms with van der Waals surface area (Å²) in [6.07, 6.45) is 6.26. The van der Waals surface area contributed by atoms with Crippen molar-refractivity contribution in [3.63, 3.8) is 0 Å². The van der Waals surface area contributed by atoms with Gasteiger partial charge < -0.3 is 10.2 Å². The number of nitrogens with one attached hydrogen (secondary N) is 1. The van der Waals surface area contributed by atoms with Crippen molar-refractivity contribution in [3.05, 3.63) is 0 Å². The highest BCUT2D eigenvalue weighted by Gasteiger charge is 2.51. The molecule has 1 N–H and O–H groups in total. The fourth-order valence-corrected chi connectivity index (χ4v) is 3.56. The maximum atomic E-state index is 12.8. The highest BCUT2D eigenvalue weighted by molar-refractivity contribution is 5.93. The first-order chi connectivity index (χ1) is 8.93. The molecule has 106 valence electrons. The maximum Gasteiger partial charge on any atom is 0.248 e. The highest BCUT2D eigenvalue weighted by Crippen LogP contribution is 2.44. The quantitative estimate of drug-likeness (QED) is 0.843. The van der Waals surface area contributed by atoms with Gasteiger partial charge in [0.25, 0.3) is 0 Å². The monoisotopic (exact) mass is 264 g/mol. The Hall–Kier alpha value is -1.06. The Balaban J connectivity index is 1.79. The predicted molar refractivity (Wildman–Crippen MR) is 72.4 cm³/mol. The third kappa shape index (κ3) is 2.26. The van der Waals surface area contributed by atoms with Crippen LogP contribution in [-0.4, -0.2) is 35.3 Å². The number of hydrogen-bond donors (Lipinski definition) is 1. The lowest BCUT2D eigenvalue weighted by molar-refractivity contribution is -0.141. The summed E-state index contributed by atoms with van der Waals surface area (Å²) in [5.74, 6) is 0.525. The summed E-state index contributed by atoms with van der Waals surface area (Å²) in [6, 6.07) is 0. The van der Waals surface area contributed by atoms with E-state index in [1.54, 1.807) is 0 Å². The molecule has 0 bridgehead atoms. The lowest BCUT2D eigenvalue weighted by atomic mass is 9.70. The Morgan fingerprint density at radius 3 is 2.47 bits per heavy atom. The molecule has 2 amide bonds. The third-order valence-electron chi connectivity index (χ3n) is 5.27. The van der Waals surface area contributed by atoms with Gasteiger partial charge in [0.2, 0.25) is 11.8 Å². The van der Waals surface area contributed by atoms with Crippen molar-refractivity contribution < 1.29 is 9.59 Å². The average molecular weight is 264 g/mol. The first-order valence-electron chi connectivity index (χ1n) is 7.53. The Bertz CT molecular complexity index is 412. The van der Waals surface area contributed by atoms with E-state index in [9.17, 15) is 9.59 Å². The standard InChI is InChI=1S/C15H24N2O2/c1-14(7-3-8-14)10-17-9-6-12(18)16-15(2,13(17)19)11-4-5-11/h11H,3-10H2,1-2H3,(H,16,18). The second-order valence-corrected chi connectivity index (χ2v) is 7.17. The van der Waals surface area contributed by atoms with Crippen molar-refractivity contribution in [3.8, 4) is 0 Å². The summed E-state index contributed by atoms with van der Waals surface area (Å²) < 4.78 is 0. The molecule has 1 saturated heterocycles. The number of rotatable bonds is 3. The van der Waals surface area contributed by atoms with Gasteiger partial charge in [-0.3, -0.25) is 9.59 Å². The van der Waals surface area contributed by atoms with Crippen molar-refractivity contribution in [1.82, 2.24) is 10.2 Å². The van der Waals surface area contributed by atoms with Gasteiger partial charge >= 0.3 is 0 Å². The second kappa shape index (κ2) is 4.22. The van der Waals surface area contributed by atoms with Crippen LogP contribution in [-0.2, 0) is 9.59 Å². The number of nitrogens with zero attached hydrogens (tertiary/aromatic N) is 1. The van der Waals surface area contributed by atoms with Crippen LogP contribution in [0.3, 0.4) is 0 Å². The van der Waals surface area contributed by atoms with Gasteiger partial charge in [0.05, 0.1) is 0 Å². The van der Waals surface area contributed by atoms with E-state index >= 15 is 0 Å². The molecule has 19 heavy (non-hydrogen) atoms. The van der Waals surface area contributed by atoms with Crippen molar-refractivity contribution in [2.75, 3.05) is 13.1 Å². The molecule has 0 aromatic heterocycles. The SMILES string of the molecule is CC1(CN2CCC(=O)NC(C)(C3CC3)C2=O)CCC1. The summed E-state index contributed by atoms with van der Waals surface area (Å²) in [5, 5.41) is 2.99. The van der Waals surface area contributed by atoms with Gasteiger partial charge in [-0.1, -0.05) is 13.3 Å². The normalized spacial score (nSPS) is 34.5. The Kier molecular flexibility index (Phi) is 2.88. The first-order valence-corrected chi connectivity index (χ1v) is 7.53. The fourth-order valence-electron chi connectivity index (χ4n) is 3.56. The smallest absolute Gasteiger partial charge is 0.248 e. The van der Waals surface area contributed by atoms with Crippen LogP contribution in [0.2, 0.25) is 0 Å². The van der Waals surface area contributed by atoms with Gasteiger partial charge in [-0.05, 0) is 43.9 Å². The zero-order valence-electron chi connectivity index (χ0n) is 12.0. The molecular formula is C15H24N2O2. The van der Waals surface area contributed by atoms with Crippen LogP contribution >= 0.6 is 0 Å². The molecule has 1 unspecified atom stereocenters. The van der Waals surface area contributed by atoms with Gasteiger partial charge in [-0.15, -0.1) is 0 Å². The predicted octanol–water partition coefficient (Wildman–Crippen LogP) is 1.69. The van der Waals surface area contributed by atoms with Crippen molar-refractivity contribution in [1.29, 1.82) is 0 Å². The maximum absolute atomic E-state index is 12.8. The van der Waals surface area contributed by atoms with Crippen LogP contribution in [0.1, 0.15) is 52.4 Å². The van der Waals surface area contributed by atoms with E-state index in [0.717, 1.165) is 19.4 Å². The molecule has 4 heteroatoms. The molecule has 1 heterocycles. The summed E-state index contributed by atoms with van der Waals surface area (Å²) in [7, 11) is 0. The van der Waals surface area contributed by atoms with Gasteiger partial charge in [-0.25, -0.2) is 0 Å². The molecule has 2 aliphatic carbocycles. The molecule has 1 aliphatic heterocycles. The Labute approximate surface area is 114 Å². The summed E-state index contributed by atoms with van der Waals surface area (Å²) in [4.78, 5) is 26.7. The molecule has 4 nitrogen and oxygen atoms in total. The van der Waals surface area contributed by atoms with Crippen LogP contribution in [0.4, 0.5) is 0 Å².